The largest absolute Gasteiger partial charge is 0.478 e. The van der Waals surface area contributed by atoms with E-state index in [-0.39, 0.29) is 0 Å². The van der Waals surface area contributed by atoms with E-state index in [1.807, 2.05) is 6.07 Å². The van der Waals surface area contributed by atoms with Crippen LogP contribution >= 0.6 is 0 Å². The van der Waals surface area contributed by atoms with Gasteiger partial charge in [0.1, 0.15) is 0 Å². The Balaban J connectivity index is 2.64. The Morgan fingerprint density at radius 2 is 1.59 bits per heavy atom. The van der Waals surface area contributed by atoms with Crippen molar-refractivity contribution in [2.75, 3.05) is 0 Å². The molecule has 0 bridgehead atoms. The Kier molecular flexibility index (Phi) is 2.82. The van der Waals surface area contributed by atoms with Gasteiger partial charge in [-0.15, -0.1) is 0 Å². The number of hydrogen-bond donors (Lipinski definition) is 1. The highest BCUT2D eigenvalue weighted by atomic mass is 28.3. The normalized spacial score (nSPS) is 20.7. The van der Waals surface area contributed by atoms with Crippen LogP contribution in [0.3, 0.4) is 0 Å². The predicted molar refractivity (Wildman–Crippen MR) is 77.2 cm³/mol. The van der Waals surface area contributed by atoms with Gasteiger partial charge in [-0.1, -0.05) is 54.7 Å². The van der Waals surface area contributed by atoms with Crippen molar-refractivity contribution < 1.29 is 9.90 Å². The molecule has 0 aliphatic carbocycles. The number of carboxylic acids is 1. The fourth-order valence-corrected chi connectivity index (χ4v) is 13.0. The van der Waals surface area contributed by atoms with E-state index >= 15 is 0 Å². The third-order valence-electron chi connectivity index (χ3n) is 4.10. The maximum Gasteiger partial charge on any atom is 0.335 e. The summed E-state index contributed by atoms with van der Waals surface area (Å²) in [6.45, 7) is 9.52. The first-order chi connectivity index (χ1) is 7.74. The van der Waals surface area contributed by atoms with Crippen LogP contribution in [0.2, 0.25) is 38.3 Å². The van der Waals surface area contributed by atoms with Crippen LogP contribution in [-0.2, 0) is 0 Å². The number of carboxylic acid groups (broad SMARTS) is 1. The summed E-state index contributed by atoms with van der Waals surface area (Å²) in [7, 11) is -2.72. The molecule has 0 saturated heterocycles. The van der Waals surface area contributed by atoms with Crippen LogP contribution in [0.25, 0.3) is 0 Å². The lowest BCUT2D eigenvalue weighted by Gasteiger charge is -2.39. The number of benzene rings is 1. The van der Waals surface area contributed by atoms with Gasteiger partial charge in [-0.05, 0) is 12.1 Å². The molecule has 0 fully saturated rings. The van der Waals surface area contributed by atoms with Gasteiger partial charge < -0.3 is 5.11 Å². The van der Waals surface area contributed by atoms with E-state index in [2.05, 4.69) is 32.3 Å². The fraction of sp³-hybridized carbons (Fsp3) is 0.462. The van der Waals surface area contributed by atoms with Crippen LogP contribution in [0.5, 0.6) is 0 Å². The van der Waals surface area contributed by atoms with Crippen LogP contribution in [0.4, 0.5) is 0 Å². The summed E-state index contributed by atoms with van der Waals surface area (Å²) in [5.74, 6) is -0.803. The van der Waals surface area contributed by atoms with Gasteiger partial charge in [0.25, 0.3) is 0 Å². The van der Waals surface area contributed by atoms with Crippen LogP contribution in [0.15, 0.2) is 18.2 Å². The van der Waals surface area contributed by atoms with Crippen LogP contribution in [0, 0.1) is 0 Å². The van der Waals surface area contributed by atoms with Crippen LogP contribution in [-0.4, -0.2) is 27.2 Å². The first-order valence-corrected chi connectivity index (χ1v) is 12.5. The molecule has 1 aliphatic rings. The molecule has 92 valence electrons. The lowest BCUT2D eigenvalue weighted by atomic mass is 10.2. The summed E-state index contributed by atoms with van der Waals surface area (Å²) in [6, 6.07) is 8.50. The summed E-state index contributed by atoms with van der Waals surface area (Å²) in [4.78, 5) is 11.1. The molecule has 2 rings (SSSR count). The minimum atomic E-state index is -1.41. The van der Waals surface area contributed by atoms with Crippen molar-refractivity contribution in [2.24, 2.45) is 0 Å². The molecule has 0 spiro atoms. The fourth-order valence-electron chi connectivity index (χ4n) is 2.72. The lowest BCUT2D eigenvalue weighted by molar-refractivity contribution is 0.0697. The van der Waals surface area contributed by atoms with Gasteiger partial charge in [-0.25, -0.2) is 4.79 Å². The van der Waals surface area contributed by atoms with Gasteiger partial charge in [-0.2, -0.15) is 0 Å². The molecule has 1 aromatic rings. The summed E-state index contributed by atoms with van der Waals surface area (Å²) < 4.78 is 0. The number of fused-ring (bicyclic) bond motifs is 1. The van der Waals surface area contributed by atoms with E-state index in [1.54, 1.807) is 6.07 Å². The van der Waals surface area contributed by atoms with Crippen molar-refractivity contribution in [2.45, 2.75) is 38.3 Å². The van der Waals surface area contributed by atoms with Crippen molar-refractivity contribution in [3.8, 4) is 0 Å². The van der Waals surface area contributed by atoms with Gasteiger partial charge in [0.2, 0.25) is 0 Å². The standard InChI is InChI=1S/C13H20O2Si2/c1-16(2)7-8-17(3,4)12-9-10(13(14)15)5-6-11(12)16/h5-6,9H,7-8H2,1-4H3,(H,14,15). The lowest BCUT2D eigenvalue weighted by Crippen LogP contribution is -2.63. The molecule has 1 aromatic carbocycles. The molecule has 4 heteroatoms. The molecule has 17 heavy (non-hydrogen) atoms. The zero-order valence-corrected chi connectivity index (χ0v) is 13.0. The third kappa shape index (κ3) is 2.11. The van der Waals surface area contributed by atoms with Gasteiger partial charge >= 0.3 is 5.97 Å². The number of rotatable bonds is 1. The number of aromatic carboxylic acids is 1. The smallest absolute Gasteiger partial charge is 0.335 e. The van der Waals surface area contributed by atoms with E-state index in [0.717, 1.165) is 0 Å². The summed E-state index contributed by atoms with van der Waals surface area (Å²) in [5.41, 5.74) is 0.455. The van der Waals surface area contributed by atoms with Crippen molar-refractivity contribution in [3.05, 3.63) is 23.8 Å². The van der Waals surface area contributed by atoms with Crippen LogP contribution in [0.1, 0.15) is 10.4 Å². The van der Waals surface area contributed by atoms with E-state index in [1.165, 1.54) is 22.5 Å². The van der Waals surface area contributed by atoms with Gasteiger partial charge in [-0.3, -0.25) is 0 Å². The van der Waals surface area contributed by atoms with E-state index in [9.17, 15) is 4.79 Å². The van der Waals surface area contributed by atoms with Gasteiger partial charge in [0.15, 0.2) is 0 Å². The van der Waals surface area contributed by atoms with Crippen molar-refractivity contribution in [1.82, 2.24) is 0 Å². The molecule has 1 aliphatic heterocycles. The molecule has 0 unspecified atom stereocenters. The minimum Gasteiger partial charge on any atom is -0.478 e. The second-order valence-corrected chi connectivity index (χ2v) is 15.9. The Bertz CT molecular complexity index is 478. The highest BCUT2D eigenvalue weighted by Crippen LogP contribution is 2.25. The highest BCUT2D eigenvalue weighted by Gasteiger charge is 2.39. The van der Waals surface area contributed by atoms with Crippen molar-refractivity contribution in [1.29, 1.82) is 0 Å². The molecule has 0 atom stereocenters. The van der Waals surface area contributed by atoms with E-state index in [0.29, 0.717) is 5.56 Å². The minimum absolute atomic E-state index is 0.455. The zero-order valence-electron chi connectivity index (χ0n) is 11.0. The maximum absolute atomic E-state index is 11.1. The maximum atomic E-state index is 11.1. The molecule has 0 radical (unpaired) electrons. The predicted octanol–water partition coefficient (Wildman–Crippen LogP) is 2.23. The summed E-state index contributed by atoms with van der Waals surface area (Å²) in [5, 5.41) is 12.0. The average molecular weight is 264 g/mol. The monoisotopic (exact) mass is 264 g/mol. The Labute approximate surface area is 105 Å². The molecule has 0 aromatic heterocycles. The molecular weight excluding hydrogens is 244 g/mol. The molecule has 2 nitrogen and oxygen atoms in total. The quantitative estimate of drug-likeness (QED) is 0.790. The summed E-state index contributed by atoms with van der Waals surface area (Å²) >= 11 is 0. The molecule has 1 N–H and O–H groups in total. The highest BCUT2D eigenvalue weighted by molar-refractivity contribution is 7.03. The Morgan fingerprint density at radius 1 is 1.06 bits per heavy atom. The number of hydrogen-bond acceptors (Lipinski definition) is 1. The van der Waals surface area contributed by atoms with Crippen molar-refractivity contribution >= 4 is 32.5 Å². The second-order valence-electron chi connectivity index (χ2n) is 6.33. The van der Waals surface area contributed by atoms with Crippen LogP contribution < -0.4 is 10.4 Å². The SMILES string of the molecule is C[Si]1(C)CC[Si](C)(C)c2cc(C(=O)O)ccc21. The van der Waals surface area contributed by atoms with Crippen molar-refractivity contribution in [3.63, 3.8) is 0 Å². The number of carbonyl (C=O) groups is 1. The molecular formula is C13H20O2Si2. The zero-order chi connectivity index (χ0) is 12.8. The first-order valence-electron chi connectivity index (χ1n) is 6.12. The topological polar surface area (TPSA) is 37.3 Å². The van der Waals surface area contributed by atoms with E-state index < -0.39 is 22.1 Å². The Morgan fingerprint density at radius 3 is 2.12 bits per heavy atom. The van der Waals surface area contributed by atoms with Gasteiger partial charge in [0, 0.05) is 0 Å². The Hall–Kier alpha value is -0.876. The molecule has 1 heterocycles. The van der Waals surface area contributed by atoms with Gasteiger partial charge in [0.05, 0.1) is 21.7 Å². The van der Waals surface area contributed by atoms with E-state index in [4.69, 9.17) is 5.11 Å². The average Bonchev–Trinajstić information content (AvgIpc) is 2.24. The first kappa shape index (κ1) is 12.6. The summed E-state index contributed by atoms with van der Waals surface area (Å²) in [6.07, 6.45) is 0. The second kappa shape index (κ2) is 3.81. The molecule has 0 amide bonds. The third-order valence-corrected chi connectivity index (χ3v) is 11.6. The molecule has 0 saturated carbocycles.